The van der Waals surface area contributed by atoms with Crippen molar-refractivity contribution in [2.75, 3.05) is 23.7 Å². The van der Waals surface area contributed by atoms with Crippen LogP contribution in [0.2, 0.25) is 0 Å². The van der Waals surface area contributed by atoms with Crippen molar-refractivity contribution < 1.29 is 14.0 Å². The second-order valence-electron chi connectivity index (χ2n) is 5.43. The highest BCUT2D eigenvalue weighted by atomic mass is 16.4. The molecule has 2 aromatic heterocycles. The van der Waals surface area contributed by atoms with Crippen LogP contribution in [0.15, 0.2) is 47.1 Å². The Hall–Kier alpha value is -3.46. The van der Waals surface area contributed by atoms with E-state index in [0.717, 1.165) is 0 Å². The number of aromatic nitrogens is 2. The molecule has 0 aliphatic rings. The van der Waals surface area contributed by atoms with Crippen LogP contribution in [0, 0.1) is 0 Å². The zero-order valence-corrected chi connectivity index (χ0v) is 13.9. The summed E-state index contributed by atoms with van der Waals surface area (Å²) in [6, 6.07) is 8.21. The van der Waals surface area contributed by atoms with E-state index in [1.807, 2.05) is 12.1 Å². The zero-order valence-electron chi connectivity index (χ0n) is 13.9. The molecule has 0 aliphatic carbocycles. The minimum absolute atomic E-state index is 0.0762. The van der Waals surface area contributed by atoms with E-state index in [4.69, 9.17) is 10.2 Å². The van der Waals surface area contributed by atoms with Crippen molar-refractivity contribution >= 4 is 34.7 Å². The molecule has 26 heavy (non-hydrogen) atoms. The Labute approximate surface area is 149 Å². The van der Waals surface area contributed by atoms with Crippen molar-refractivity contribution in [1.82, 2.24) is 15.3 Å². The summed E-state index contributed by atoms with van der Waals surface area (Å²) in [4.78, 5) is 32.2. The summed E-state index contributed by atoms with van der Waals surface area (Å²) in [7, 11) is 0. The first-order chi connectivity index (χ1) is 12.7. The van der Waals surface area contributed by atoms with Gasteiger partial charge >= 0.3 is 12.0 Å². The second-order valence-corrected chi connectivity index (χ2v) is 5.43. The van der Waals surface area contributed by atoms with Crippen LogP contribution in [0.1, 0.15) is 16.8 Å². The molecule has 3 aromatic rings. The molecule has 0 bridgehead atoms. The van der Waals surface area contributed by atoms with Gasteiger partial charge in [0, 0.05) is 12.7 Å². The average Bonchev–Trinajstić information content (AvgIpc) is 3.04. The van der Waals surface area contributed by atoms with Crippen molar-refractivity contribution in [2.45, 2.75) is 6.42 Å². The summed E-state index contributed by atoms with van der Waals surface area (Å²) >= 11 is 0. The highest BCUT2D eigenvalue weighted by Crippen LogP contribution is 2.18. The molecule has 0 spiro atoms. The predicted octanol–water partition coefficient (Wildman–Crippen LogP) is 1.95. The van der Waals surface area contributed by atoms with Crippen molar-refractivity contribution in [3.8, 4) is 0 Å². The maximum Gasteiger partial charge on any atom is 0.327 e. The normalized spacial score (nSPS) is 10.5. The van der Waals surface area contributed by atoms with E-state index in [9.17, 15) is 9.59 Å². The lowest BCUT2D eigenvalue weighted by Crippen LogP contribution is -2.26. The number of para-hydroxylation sites is 2. The molecule has 3 rings (SSSR count). The van der Waals surface area contributed by atoms with Gasteiger partial charge in [0.05, 0.1) is 17.4 Å². The van der Waals surface area contributed by atoms with Gasteiger partial charge in [-0.3, -0.25) is 15.1 Å². The monoisotopic (exact) mass is 354 g/mol. The molecule has 3 amide bonds. The number of nitrogens with zero attached hydrogens (tertiary/aromatic N) is 2. The fraction of sp³-hybridized carbons (Fsp3) is 0.176. The molecule has 1 aromatic carbocycles. The number of benzene rings is 1. The Bertz CT molecular complexity index is 891. The van der Waals surface area contributed by atoms with Crippen molar-refractivity contribution in [2.24, 2.45) is 5.73 Å². The number of anilines is 2. The highest BCUT2D eigenvalue weighted by molar-refractivity contribution is 6.00. The molecule has 0 radical (unpaired) electrons. The number of hydrogen-bond donors (Lipinski definition) is 4. The van der Waals surface area contributed by atoms with Crippen molar-refractivity contribution in [1.29, 1.82) is 0 Å². The number of urea groups is 1. The van der Waals surface area contributed by atoms with Gasteiger partial charge in [-0.2, -0.15) is 4.98 Å². The average molecular weight is 354 g/mol. The molecule has 9 heteroatoms. The predicted molar refractivity (Wildman–Crippen MR) is 96.9 cm³/mol. The number of carbonyl (C=O) groups excluding carboxylic acids is 2. The maximum absolute atomic E-state index is 12.1. The number of nitrogens with one attached hydrogen (secondary N) is 3. The lowest BCUT2D eigenvalue weighted by Gasteiger charge is -2.07. The molecular formula is C17H18N6O3. The van der Waals surface area contributed by atoms with Crippen LogP contribution in [0.3, 0.4) is 0 Å². The number of pyridine rings is 1. The summed E-state index contributed by atoms with van der Waals surface area (Å²) in [5.74, 6) is -0.283. The van der Waals surface area contributed by atoms with E-state index in [2.05, 4.69) is 25.9 Å². The van der Waals surface area contributed by atoms with E-state index in [-0.39, 0.29) is 11.9 Å². The summed E-state index contributed by atoms with van der Waals surface area (Å²) in [6.45, 7) is 0.974. The first kappa shape index (κ1) is 17.4. The van der Waals surface area contributed by atoms with Gasteiger partial charge < -0.3 is 20.8 Å². The maximum atomic E-state index is 12.1. The van der Waals surface area contributed by atoms with Gasteiger partial charge in [-0.05, 0) is 31.2 Å². The Morgan fingerprint density at radius 1 is 1.15 bits per heavy atom. The van der Waals surface area contributed by atoms with Crippen LogP contribution >= 0.6 is 0 Å². The molecule has 0 unspecified atom stereocenters. The minimum Gasteiger partial charge on any atom is -0.423 e. The lowest BCUT2D eigenvalue weighted by atomic mass is 10.2. The van der Waals surface area contributed by atoms with Crippen LogP contribution in [-0.2, 0) is 0 Å². The number of nitrogens with two attached hydrogens (primary N) is 1. The van der Waals surface area contributed by atoms with Gasteiger partial charge in [0.25, 0.3) is 5.91 Å². The number of carbonyl (C=O) groups is 2. The molecule has 134 valence electrons. The molecule has 0 aliphatic heterocycles. The van der Waals surface area contributed by atoms with Crippen LogP contribution < -0.4 is 21.7 Å². The molecule has 0 fully saturated rings. The summed E-state index contributed by atoms with van der Waals surface area (Å²) < 4.78 is 5.42. The Morgan fingerprint density at radius 2 is 2.00 bits per heavy atom. The van der Waals surface area contributed by atoms with Gasteiger partial charge in [-0.1, -0.05) is 12.1 Å². The quantitative estimate of drug-likeness (QED) is 0.500. The summed E-state index contributed by atoms with van der Waals surface area (Å²) in [6.07, 6.45) is 3.54. The van der Waals surface area contributed by atoms with Crippen LogP contribution in [0.4, 0.5) is 16.5 Å². The van der Waals surface area contributed by atoms with Crippen LogP contribution in [-0.4, -0.2) is 35.0 Å². The Balaban J connectivity index is 1.61. The van der Waals surface area contributed by atoms with Gasteiger partial charge in [-0.25, -0.2) is 4.79 Å². The minimum atomic E-state index is -0.556. The fourth-order valence-electron chi connectivity index (χ4n) is 2.22. The third-order valence-electron chi connectivity index (χ3n) is 3.44. The number of amides is 3. The molecule has 9 nitrogen and oxygen atoms in total. The Morgan fingerprint density at radius 3 is 2.81 bits per heavy atom. The Kier molecular flexibility index (Phi) is 5.40. The largest absolute Gasteiger partial charge is 0.423 e. The van der Waals surface area contributed by atoms with E-state index in [1.165, 1.54) is 18.5 Å². The number of fused-ring (bicyclic) bond motifs is 1. The number of oxazole rings is 1. The molecule has 2 heterocycles. The first-order valence-electron chi connectivity index (χ1n) is 8.02. The number of hydrogen-bond acceptors (Lipinski definition) is 6. The van der Waals surface area contributed by atoms with Gasteiger partial charge in [0.2, 0.25) is 0 Å². The van der Waals surface area contributed by atoms with Crippen molar-refractivity contribution in [3.63, 3.8) is 0 Å². The van der Waals surface area contributed by atoms with Crippen LogP contribution in [0.25, 0.3) is 11.1 Å². The zero-order chi connectivity index (χ0) is 18.4. The third-order valence-corrected chi connectivity index (χ3v) is 3.44. The molecule has 5 N–H and O–H groups in total. The fourth-order valence-corrected chi connectivity index (χ4v) is 2.22. The SMILES string of the molecule is NCCCNC(=O)c1cncc(NC(=O)Nc2nc3ccccc3o2)c1. The smallest absolute Gasteiger partial charge is 0.327 e. The van der Waals surface area contributed by atoms with Gasteiger partial charge in [0.15, 0.2) is 5.58 Å². The van der Waals surface area contributed by atoms with E-state index in [1.54, 1.807) is 12.1 Å². The number of rotatable bonds is 6. The van der Waals surface area contributed by atoms with E-state index in [0.29, 0.717) is 41.9 Å². The van der Waals surface area contributed by atoms with Crippen molar-refractivity contribution in [3.05, 3.63) is 48.3 Å². The molecule has 0 saturated carbocycles. The third kappa shape index (κ3) is 4.33. The summed E-state index contributed by atoms with van der Waals surface area (Å²) in [5.41, 5.74) is 7.30. The van der Waals surface area contributed by atoms with Gasteiger partial charge in [0.1, 0.15) is 5.52 Å². The van der Waals surface area contributed by atoms with E-state index >= 15 is 0 Å². The second kappa shape index (κ2) is 8.08. The highest BCUT2D eigenvalue weighted by Gasteiger charge is 2.11. The topological polar surface area (TPSA) is 135 Å². The first-order valence-corrected chi connectivity index (χ1v) is 8.02. The standard InChI is InChI=1S/C17H18N6O3/c18-6-3-7-20-15(24)11-8-12(10-19-9-11)21-16(25)23-17-22-13-4-1-2-5-14(13)26-17/h1-2,4-5,8-10H,3,6-7,18H2,(H,20,24)(H2,21,22,23,25). The molecule has 0 atom stereocenters. The van der Waals surface area contributed by atoms with Gasteiger partial charge in [-0.15, -0.1) is 0 Å². The molecule has 0 saturated heterocycles. The van der Waals surface area contributed by atoms with E-state index < -0.39 is 6.03 Å². The molecular weight excluding hydrogens is 336 g/mol. The lowest BCUT2D eigenvalue weighted by molar-refractivity contribution is 0.0953. The summed E-state index contributed by atoms with van der Waals surface area (Å²) in [5, 5.41) is 7.81. The van der Waals surface area contributed by atoms with Crippen LogP contribution in [0.5, 0.6) is 0 Å².